The summed E-state index contributed by atoms with van der Waals surface area (Å²) >= 11 is 0. The molecule has 1 heterocycles. The molecule has 0 bridgehead atoms. The number of amides is 3. The van der Waals surface area contributed by atoms with E-state index >= 15 is 0 Å². The van der Waals surface area contributed by atoms with Crippen molar-refractivity contribution in [3.8, 4) is 0 Å². The summed E-state index contributed by atoms with van der Waals surface area (Å²) in [6.07, 6.45) is 2.51. The van der Waals surface area contributed by atoms with Crippen LogP contribution >= 0.6 is 0 Å². The lowest BCUT2D eigenvalue weighted by atomic mass is 9.80. The van der Waals surface area contributed by atoms with Crippen LogP contribution in [0.2, 0.25) is 0 Å². The van der Waals surface area contributed by atoms with Crippen LogP contribution < -0.4 is 10.6 Å². The molecule has 0 spiro atoms. The molecule has 1 aliphatic carbocycles. The molecule has 1 aliphatic heterocycles. The van der Waals surface area contributed by atoms with Crippen molar-refractivity contribution in [3.05, 3.63) is 30.3 Å². The number of carboxylic acids is 1. The molecule has 0 aromatic heterocycles. The number of nitrogens with zero attached hydrogens (tertiary/aromatic N) is 1. The molecule has 3 rings (SSSR count). The van der Waals surface area contributed by atoms with E-state index < -0.39 is 5.97 Å². The molecule has 1 saturated heterocycles. The van der Waals surface area contributed by atoms with Gasteiger partial charge in [0.2, 0.25) is 5.91 Å². The van der Waals surface area contributed by atoms with Crippen LogP contribution in [0.4, 0.5) is 10.5 Å². The van der Waals surface area contributed by atoms with Gasteiger partial charge in [-0.05, 0) is 37.8 Å². The number of benzene rings is 1. The molecule has 1 atom stereocenters. The third-order valence-electron chi connectivity index (χ3n) is 4.94. The van der Waals surface area contributed by atoms with Crippen LogP contribution in [0.25, 0.3) is 0 Å². The minimum atomic E-state index is -0.799. The predicted octanol–water partition coefficient (Wildman–Crippen LogP) is 1.91. The van der Waals surface area contributed by atoms with Crippen molar-refractivity contribution in [3.63, 3.8) is 0 Å². The number of carboxylic acid groups (broad SMARTS) is 1. The molecule has 25 heavy (non-hydrogen) atoms. The first-order chi connectivity index (χ1) is 12.0. The number of para-hydroxylation sites is 1. The summed E-state index contributed by atoms with van der Waals surface area (Å²) < 4.78 is 0. The third-order valence-corrected chi connectivity index (χ3v) is 4.94. The first kappa shape index (κ1) is 17.3. The summed E-state index contributed by atoms with van der Waals surface area (Å²) in [5, 5.41) is 14.6. The SMILES string of the molecule is O=C(O)C1CC(NC(=O)C2CCCN(C(=O)Nc3ccccc3)C2)C1. The number of likely N-dealkylation sites (tertiary alicyclic amines) is 1. The Morgan fingerprint density at radius 1 is 1.08 bits per heavy atom. The Morgan fingerprint density at radius 2 is 1.80 bits per heavy atom. The average Bonchev–Trinajstić information content (AvgIpc) is 2.58. The summed E-state index contributed by atoms with van der Waals surface area (Å²) in [7, 11) is 0. The first-order valence-electron chi connectivity index (χ1n) is 8.67. The molecule has 7 nitrogen and oxygen atoms in total. The van der Waals surface area contributed by atoms with Crippen molar-refractivity contribution in [2.75, 3.05) is 18.4 Å². The number of nitrogens with one attached hydrogen (secondary N) is 2. The summed E-state index contributed by atoms with van der Waals surface area (Å²) in [4.78, 5) is 37.2. The van der Waals surface area contributed by atoms with E-state index in [1.165, 1.54) is 0 Å². The molecule has 2 aliphatic rings. The molecule has 1 unspecified atom stereocenters. The molecule has 1 aromatic carbocycles. The van der Waals surface area contributed by atoms with E-state index in [9.17, 15) is 14.4 Å². The van der Waals surface area contributed by atoms with Gasteiger partial charge in [0.1, 0.15) is 0 Å². The van der Waals surface area contributed by atoms with Crippen LogP contribution in [0.15, 0.2) is 30.3 Å². The summed E-state index contributed by atoms with van der Waals surface area (Å²) in [6, 6.07) is 8.98. The summed E-state index contributed by atoms with van der Waals surface area (Å²) in [5.74, 6) is -1.46. The fourth-order valence-electron chi connectivity index (χ4n) is 3.36. The largest absolute Gasteiger partial charge is 0.481 e. The standard InChI is InChI=1S/C18H23N3O4/c22-16(19-15-9-13(10-15)17(23)24)12-5-4-8-21(11-12)18(25)20-14-6-2-1-3-7-14/h1-3,6-7,12-13,15H,4-5,8-11H2,(H,19,22)(H,20,25)(H,23,24). The molecule has 1 aromatic rings. The number of aliphatic carboxylic acids is 1. The maximum Gasteiger partial charge on any atom is 0.321 e. The Bertz CT molecular complexity index is 643. The van der Waals surface area contributed by atoms with Crippen molar-refractivity contribution in [2.24, 2.45) is 11.8 Å². The second-order valence-corrected chi connectivity index (χ2v) is 6.79. The van der Waals surface area contributed by atoms with Gasteiger partial charge >= 0.3 is 12.0 Å². The fourth-order valence-corrected chi connectivity index (χ4v) is 3.36. The zero-order chi connectivity index (χ0) is 17.8. The quantitative estimate of drug-likeness (QED) is 0.776. The second kappa shape index (κ2) is 7.55. The van der Waals surface area contributed by atoms with Gasteiger partial charge in [-0.2, -0.15) is 0 Å². The van der Waals surface area contributed by atoms with Crippen molar-refractivity contribution >= 4 is 23.6 Å². The zero-order valence-corrected chi connectivity index (χ0v) is 14.0. The van der Waals surface area contributed by atoms with Gasteiger partial charge < -0.3 is 20.6 Å². The highest BCUT2D eigenvalue weighted by Gasteiger charge is 2.37. The molecule has 3 amide bonds. The molecule has 134 valence electrons. The molecular formula is C18H23N3O4. The van der Waals surface area contributed by atoms with Crippen LogP contribution in [0.1, 0.15) is 25.7 Å². The van der Waals surface area contributed by atoms with Gasteiger partial charge in [0.25, 0.3) is 0 Å². The Kier molecular flexibility index (Phi) is 5.21. The number of carbonyl (C=O) groups is 3. The van der Waals surface area contributed by atoms with E-state index in [4.69, 9.17) is 5.11 Å². The zero-order valence-electron chi connectivity index (χ0n) is 14.0. The van der Waals surface area contributed by atoms with Crippen LogP contribution in [0, 0.1) is 11.8 Å². The van der Waals surface area contributed by atoms with E-state index in [1.807, 2.05) is 30.3 Å². The molecule has 2 fully saturated rings. The van der Waals surface area contributed by atoms with Crippen molar-refractivity contribution in [2.45, 2.75) is 31.7 Å². The topological polar surface area (TPSA) is 98.7 Å². The van der Waals surface area contributed by atoms with Crippen LogP contribution in [-0.2, 0) is 9.59 Å². The number of hydrogen-bond donors (Lipinski definition) is 3. The minimum Gasteiger partial charge on any atom is -0.481 e. The number of carbonyl (C=O) groups excluding carboxylic acids is 2. The van der Waals surface area contributed by atoms with Gasteiger partial charge in [-0.25, -0.2) is 4.79 Å². The minimum absolute atomic E-state index is 0.0536. The van der Waals surface area contributed by atoms with Gasteiger partial charge in [-0.1, -0.05) is 18.2 Å². The number of urea groups is 1. The molecule has 1 saturated carbocycles. The monoisotopic (exact) mass is 345 g/mol. The Labute approximate surface area is 146 Å². The average molecular weight is 345 g/mol. The number of piperidine rings is 1. The number of rotatable bonds is 4. The van der Waals surface area contributed by atoms with Crippen molar-refractivity contribution in [1.82, 2.24) is 10.2 Å². The van der Waals surface area contributed by atoms with Crippen LogP contribution in [0.5, 0.6) is 0 Å². The number of hydrogen-bond acceptors (Lipinski definition) is 3. The van der Waals surface area contributed by atoms with E-state index in [0.29, 0.717) is 25.9 Å². The fraction of sp³-hybridized carbons (Fsp3) is 0.500. The third kappa shape index (κ3) is 4.29. The summed E-state index contributed by atoms with van der Waals surface area (Å²) in [6.45, 7) is 1.02. The van der Waals surface area contributed by atoms with Gasteiger partial charge in [0.15, 0.2) is 0 Å². The van der Waals surface area contributed by atoms with Crippen LogP contribution in [0.3, 0.4) is 0 Å². The first-order valence-corrected chi connectivity index (χ1v) is 8.67. The highest BCUT2D eigenvalue weighted by molar-refractivity contribution is 5.90. The lowest BCUT2D eigenvalue weighted by Crippen LogP contribution is -2.52. The molecular weight excluding hydrogens is 322 g/mol. The normalized spacial score (nSPS) is 25.6. The van der Waals surface area contributed by atoms with Gasteiger partial charge in [-0.15, -0.1) is 0 Å². The molecule has 7 heteroatoms. The smallest absolute Gasteiger partial charge is 0.321 e. The second-order valence-electron chi connectivity index (χ2n) is 6.79. The van der Waals surface area contributed by atoms with E-state index in [2.05, 4.69) is 10.6 Å². The van der Waals surface area contributed by atoms with E-state index in [1.54, 1.807) is 4.90 Å². The predicted molar refractivity (Wildman–Crippen MR) is 92.0 cm³/mol. The van der Waals surface area contributed by atoms with Crippen molar-refractivity contribution < 1.29 is 19.5 Å². The van der Waals surface area contributed by atoms with E-state index in [-0.39, 0.29) is 29.8 Å². The summed E-state index contributed by atoms with van der Waals surface area (Å²) in [5.41, 5.74) is 0.730. The lowest BCUT2D eigenvalue weighted by molar-refractivity contribution is -0.146. The van der Waals surface area contributed by atoms with Crippen LogP contribution in [-0.4, -0.2) is 47.0 Å². The van der Waals surface area contributed by atoms with Gasteiger partial charge in [0.05, 0.1) is 11.8 Å². The molecule has 0 radical (unpaired) electrons. The maximum absolute atomic E-state index is 12.4. The van der Waals surface area contributed by atoms with Gasteiger partial charge in [0, 0.05) is 24.8 Å². The Morgan fingerprint density at radius 3 is 2.48 bits per heavy atom. The van der Waals surface area contributed by atoms with Gasteiger partial charge in [-0.3, -0.25) is 9.59 Å². The van der Waals surface area contributed by atoms with Crippen molar-refractivity contribution in [1.29, 1.82) is 0 Å². The Hall–Kier alpha value is -2.57. The van der Waals surface area contributed by atoms with E-state index in [0.717, 1.165) is 18.5 Å². The highest BCUT2D eigenvalue weighted by atomic mass is 16.4. The molecule has 3 N–H and O–H groups in total. The Balaban J connectivity index is 1.48. The highest BCUT2D eigenvalue weighted by Crippen LogP contribution is 2.28. The number of anilines is 1. The lowest BCUT2D eigenvalue weighted by Gasteiger charge is -2.36. The maximum atomic E-state index is 12.4.